The van der Waals surface area contributed by atoms with Crippen molar-refractivity contribution in [1.82, 2.24) is 4.90 Å². The van der Waals surface area contributed by atoms with Crippen LogP contribution in [0.2, 0.25) is 0 Å². The molecular weight excluding hydrogens is 166 g/mol. The Bertz CT molecular complexity index is 201. The number of ether oxygens (including phenoxy) is 1. The summed E-state index contributed by atoms with van der Waals surface area (Å²) in [6.45, 7) is 8.51. The molecule has 0 aliphatic carbocycles. The highest BCUT2D eigenvalue weighted by Gasteiger charge is 2.18. The molecule has 0 aromatic carbocycles. The van der Waals surface area contributed by atoms with Crippen molar-refractivity contribution >= 4 is 5.91 Å². The number of likely N-dealkylation sites (tertiary alicyclic amines) is 1. The van der Waals surface area contributed by atoms with Gasteiger partial charge in [0.05, 0.1) is 13.2 Å². The zero-order valence-electron chi connectivity index (χ0n) is 8.21. The molecule has 1 aliphatic rings. The Morgan fingerprint density at radius 2 is 2.46 bits per heavy atom. The molecule has 74 valence electrons. The van der Waals surface area contributed by atoms with E-state index in [0.717, 1.165) is 25.1 Å². The van der Waals surface area contributed by atoms with Crippen LogP contribution in [0.25, 0.3) is 0 Å². The van der Waals surface area contributed by atoms with Crippen molar-refractivity contribution in [3.63, 3.8) is 0 Å². The summed E-state index contributed by atoms with van der Waals surface area (Å²) in [5, 5.41) is 0. The zero-order chi connectivity index (χ0) is 9.68. The number of hydrogen-bond acceptors (Lipinski definition) is 2. The van der Waals surface area contributed by atoms with Crippen molar-refractivity contribution in [2.45, 2.75) is 19.8 Å². The average Bonchev–Trinajstić information content (AvgIpc) is 2.45. The monoisotopic (exact) mass is 183 g/mol. The number of carbonyl (C=O) groups is 1. The van der Waals surface area contributed by atoms with Gasteiger partial charge in [-0.1, -0.05) is 12.2 Å². The third-order valence-corrected chi connectivity index (χ3v) is 2.03. The second-order valence-corrected chi connectivity index (χ2v) is 3.49. The van der Waals surface area contributed by atoms with Gasteiger partial charge in [-0.15, -0.1) is 0 Å². The first-order valence-corrected chi connectivity index (χ1v) is 4.70. The molecule has 1 saturated heterocycles. The minimum atomic E-state index is 0.263. The van der Waals surface area contributed by atoms with Gasteiger partial charge in [0.15, 0.2) is 0 Å². The summed E-state index contributed by atoms with van der Waals surface area (Å²) < 4.78 is 5.31. The lowest BCUT2D eigenvalue weighted by Gasteiger charge is -2.14. The Labute approximate surface area is 79.4 Å². The maximum absolute atomic E-state index is 11.2. The Balaban J connectivity index is 2.05. The highest BCUT2D eigenvalue weighted by atomic mass is 16.5. The predicted octanol–water partition coefficient (Wildman–Crippen LogP) is 1.20. The van der Waals surface area contributed by atoms with E-state index in [-0.39, 0.29) is 5.91 Å². The Morgan fingerprint density at radius 3 is 3.00 bits per heavy atom. The van der Waals surface area contributed by atoms with Crippen molar-refractivity contribution in [3.05, 3.63) is 12.2 Å². The van der Waals surface area contributed by atoms with Gasteiger partial charge in [0.1, 0.15) is 0 Å². The van der Waals surface area contributed by atoms with Crippen LogP contribution in [-0.4, -0.2) is 37.1 Å². The van der Waals surface area contributed by atoms with Gasteiger partial charge in [-0.25, -0.2) is 0 Å². The van der Waals surface area contributed by atoms with Crippen molar-refractivity contribution in [3.8, 4) is 0 Å². The molecule has 0 radical (unpaired) electrons. The maximum atomic E-state index is 11.2. The lowest BCUT2D eigenvalue weighted by atomic mass is 10.4. The van der Waals surface area contributed by atoms with Crippen molar-refractivity contribution in [2.24, 2.45) is 0 Å². The molecule has 0 bridgehead atoms. The van der Waals surface area contributed by atoms with Crippen LogP contribution >= 0.6 is 0 Å². The summed E-state index contributed by atoms with van der Waals surface area (Å²) in [4.78, 5) is 13.0. The third kappa shape index (κ3) is 3.59. The van der Waals surface area contributed by atoms with E-state index in [2.05, 4.69) is 6.58 Å². The molecule has 1 heterocycles. The van der Waals surface area contributed by atoms with Crippen molar-refractivity contribution in [2.75, 3.05) is 26.3 Å². The van der Waals surface area contributed by atoms with E-state index in [4.69, 9.17) is 4.74 Å². The fourth-order valence-corrected chi connectivity index (χ4v) is 1.36. The van der Waals surface area contributed by atoms with Gasteiger partial charge in [0.2, 0.25) is 5.91 Å². The number of nitrogens with zero attached hydrogens (tertiary/aromatic N) is 1. The van der Waals surface area contributed by atoms with Crippen LogP contribution < -0.4 is 0 Å². The fraction of sp³-hybridized carbons (Fsp3) is 0.700. The summed E-state index contributed by atoms with van der Waals surface area (Å²) in [7, 11) is 0. The van der Waals surface area contributed by atoms with Crippen LogP contribution in [-0.2, 0) is 9.53 Å². The van der Waals surface area contributed by atoms with Gasteiger partial charge in [-0.05, 0) is 13.3 Å². The second-order valence-electron chi connectivity index (χ2n) is 3.49. The number of amides is 1. The number of carbonyl (C=O) groups excluding carboxylic acids is 1. The van der Waals surface area contributed by atoms with Gasteiger partial charge < -0.3 is 9.64 Å². The van der Waals surface area contributed by atoms with E-state index in [1.807, 2.05) is 11.8 Å². The molecule has 1 aliphatic heterocycles. The molecular formula is C10H17NO2. The molecule has 0 aromatic rings. The zero-order valence-corrected chi connectivity index (χ0v) is 8.21. The topological polar surface area (TPSA) is 29.5 Å². The summed E-state index contributed by atoms with van der Waals surface area (Å²) in [6, 6.07) is 0. The van der Waals surface area contributed by atoms with E-state index in [1.54, 1.807) is 0 Å². The molecule has 0 aromatic heterocycles. The fourth-order valence-electron chi connectivity index (χ4n) is 1.36. The van der Waals surface area contributed by atoms with E-state index >= 15 is 0 Å². The average molecular weight is 183 g/mol. The molecule has 0 spiro atoms. The minimum Gasteiger partial charge on any atom is -0.375 e. The molecule has 0 unspecified atom stereocenters. The SMILES string of the molecule is C=C(C)COCCN1CCCC1=O. The number of rotatable bonds is 5. The van der Waals surface area contributed by atoms with Crippen LogP contribution in [0.15, 0.2) is 12.2 Å². The molecule has 3 nitrogen and oxygen atoms in total. The maximum Gasteiger partial charge on any atom is 0.222 e. The van der Waals surface area contributed by atoms with Gasteiger partial charge >= 0.3 is 0 Å². The van der Waals surface area contributed by atoms with Crippen molar-refractivity contribution in [1.29, 1.82) is 0 Å². The molecule has 13 heavy (non-hydrogen) atoms. The van der Waals surface area contributed by atoms with Gasteiger partial charge in [-0.3, -0.25) is 4.79 Å². The van der Waals surface area contributed by atoms with Crippen LogP contribution in [0.3, 0.4) is 0 Å². The van der Waals surface area contributed by atoms with Crippen LogP contribution in [0.5, 0.6) is 0 Å². The van der Waals surface area contributed by atoms with Crippen LogP contribution in [0.1, 0.15) is 19.8 Å². The molecule has 0 saturated carbocycles. The first kappa shape index (κ1) is 10.3. The first-order valence-electron chi connectivity index (χ1n) is 4.70. The van der Waals surface area contributed by atoms with E-state index < -0.39 is 0 Å². The highest BCUT2D eigenvalue weighted by Crippen LogP contribution is 2.08. The molecule has 3 heteroatoms. The van der Waals surface area contributed by atoms with Crippen molar-refractivity contribution < 1.29 is 9.53 Å². The smallest absolute Gasteiger partial charge is 0.222 e. The highest BCUT2D eigenvalue weighted by molar-refractivity contribution is 5.77. The van der Waals surface area contributed by atoms with E-state index in [9.17, 15) is 4.79 Å². The van der Waals surface area contributed by atoms with Gasteiger partial charge in [0, 0.05) is 19.5 Å². The third-order valence-electron chi connectivity index (χ3n) is 2.03. The molecule has 0 atom stereocenters. The van der Waals surface area contributed by atoms with Crippen LogP contribution in [0.4, 0.5) is 0 Å². The quantitative estimate of drug-likeness (QED) is 0.473. The predicted molar refractivity (Wildman–Crippen MR) is 51.4 cm³/mol. The summed E-state index contributed by atoms with van der Waals surface area (Å²) >= 11 is 0. The van der Waals surface area contributed by atoms with Gasteiger partial charge in [-0.2, -0.15) is 0 Å². The lowest BCUT2D eigenvalue weighted by molar-refractivity contribution is -0.128. The lowest BCUT2D eigenvalue weighted by Crippen LogP contribution is -2.28. The van der Waals surface area contributed by atoms with Gasteiger partial charge in [0.25, 0.3) is 0 Å². The molecule has 1 fully saturated rings. The Hall–Kier alpha value is -0.830. The molecule has 1 rings (SSSR count). The molecule has 0 N–H and O–H groups in total. The Kier molecular flexibility index (Phi) is 3.96. The van der Waals surface area contributed by atoms with E-state index in [1.165, 1.54) is 0 Å². The van der Waals surface area contributed by atoms with E-state index in [0.29, 0.717) is 19.6 Å². The number of hydrogen-bond donors (Lipinski definition) is 0. The minimum absolute atomic E-state index is 0.263. The Morgan fingerprint density at radius 1 is 1.69 bits per heavy atom. The van der Waals surface area contributed by atoms with Crippen LogP contribution in [0, 0.1) is 0 Å². The summed E-state index contributed by atoms with van der Waals surface area (Å²) in [6.07, 6.45) is 1.71. The summed E-state index contributed by atoms with van der Waals surface area (Å²) in [5.41, 5.74) is 1.02. The largest absolute Gasteiger partial charge is 0.375 e. The standard InChI is InChI=1S/C10H17NO2/c1-9(2)8-13-7-6-11-5-3-4-10(11)12/h1,3-8H2,2H3. The second kappa shape index (κ2) is 5.02. The molecule has 1 amide bonds. The first-order chi connectivity index (χ1) is 6.20. The normalized spacial score (nSPS) is 16.7. The summed E-state index contributed by atoms with van der Waals surface area (Å²) in [5.74, 6) is 0.263.